The Morgan fingerprint density at radius 2 is 1.96 bits per heavy atom. The van der Waals surface area contributed by atoms with Crippen LogP contribution in [0.3, 0.4) is 0 Å². The minimum absolute atomic E-state index is 0.214. The van der Waals surface area contributed by atoms with Gasteiger partial charge in [0.15, 0.2) is 11.1 Å². The molecule has 0 spiro atoms. The molecule has 1 amide bonds. The number of carbonyl (C=O) groups excluding carboxylic acids is 1. The second kappa shape index (κ2) is 7.95. The van der Waals surface area contributed by atoms with Crippen LogP contribution in [-0.4, -0.2) is 59.8 Å². The molecule has 8 heteroatoms. The van der Waals surface area contributed by atoms with Crippen molar-refractivity contribution in [3.63, 3.8) is 0 Å². The number of fused-ring (bicyclic) bond motifs is 1. The lowest BCUT2D eigenvalue weighted by atomic mass is 10.2. The van der Waals surface area contributed by atoms with Crippen LogP contribution in [0.1, 0.15) is 10.5 Å². The van der Waals surface area contributed by atoms with Crippen molar-refractivity contribution < 1.29 is 13.9 Å². The second-order valence-corrected chi connectivity index (χ2v) is 6.70. The van der Waals surface area contributed by atoms with Crippen LogP contribution in [0, 0.1) is 0 Å². The number of benzene rings is 1. The van der Waals surface area contributed by atoms with Gasteiger partial charge in [0, 0.05) is 44.9 Å². The van der Waals surface area contributed by atoms with Crippen LogP contribution in [0.15, 0.2) is 45.6 Å². The quantitative estimate of drug-likeness (QED) is 0.715. The molecule has 146 valence electrons. The number of amides is 1. The summed E-state index contributed by atoms with van der Waals surface area (Å²) in [7, 11) is 1.57. The summed E-state index contributed by atoms with van der Waals surface area (Å²) < 4.78 is 12.4. The van der Waals surface area contributed by atoms with E-state index in [0.29, 0.717) is 31.2 Å². The van der Waals surface area contributed by atoms with Crippen molar-refractivity contribution in [2.75, 3.05) is 39.4 Å². The Morgan fingerprint density at radius 1 is 1.21 bits per heavy atom. The van der Waals surface area contributed by atoms with Gasteiger partial charge in [-0.15, -0.1) is 0 Å². The second-order valence-electron chi connectivity index (χ2n) is 6.70. The van der Waals surface area contributed by atoms with Crippen LogP contribution in [0.5, 0.6) is 0 Å². The van der Waals surface area contributed by atoms with Crippen molar-refractivity contribution in [2.45, 2.75) is 0 Å². The minimum atomic E-state index is -0.359. The number of hydrogen-bond donors (Lipinski definition) is 1. The number of ether oxygens (including phenoxy) is 1. The summed E-state index contributed by atoms with van der Waals surface area (Å²) in [4.78, 5) is 31.8. The first-order valence-electron chi connectivity index (χ1n) is 9.28. The van der Waals surface area contributed by atoms with Crippen molar-refractivity contribution in [1.29, 1.82) is 0 Å². The highest BCUT2D eigenvalue weighted by atomic mass is 16.5. The van der Waals surface area contributed by atoms with Gasteiger partial charge in [-0.05, 0) is 12.1 Å². The van der Waals surface area contributed by atoms with Crippen LogP contribution in [-0.2, 0) is 11.8 Å². The number of carbonyl (C=O) groups is 1. The molecule has 1 aromatic carbocycles. The van der Waals surface area contributed by atoms with Crippen LogP contribution in [0.4, 0.5) is 0 Å². The fourth-order valence-corrected chi connectivity index (χ4v) is 3.24. The van der Waals surface area contributed by atoms with Crippen molar-refractivity contribution in [3.8, 4) is 11.5 Å². The van der Waals surface area contributed by atoms with Crippen molar-refractivity contribution in [2.24, 2.45) is 7.05 Å². The molecule has 0 unspecified atom stereocenters. The molecule has 3 aromatic rings. The first-order valence-corrected chi connectivity index (χ1v) is 9.28. The molecule has 0 atom stereocenters. The largest absolute Gasteiger partial charge is 0.436 e. The average Bonchev–Trinajstić information content (AvgIpc) is 3.16. The van der Waals surface area contributed by atoms with Gasteiger partial charge in [0.1, 0.15) is 5.69 Å². The van der Waals surface area contributed by atoms with E-state index >= 15 is 0 Å². The van der Waals surface area contributed by atoms with E-state index in [0.717, 1.165) is 25.2 Å². The number of morpholine rings is 1. The molecule has 2 aromatic heterocycles. The van der Waals surface area contributed by atoms with Gasteiger partial charge in [-0.3, -0.25) is 14.5 Å². The summed E-state index contributed by atoms with van der Waals surface area (Å²) in [6.45, 7) is 4.40. The molecule has 0 radical (unpaired) electrons. The summed E-state index contributed by atoms with van der Waals surface area (Å²) >= 11 is 0. The topological polar surface area (TPSA) is 89.6 Å². The Labute approximate surface area is 161 Å². The number of nitrogens with one attached hydrogen (secondary N) is 1. The molecule has 0 aliphatic carbocycles. The van der Waals surface area contributed by atoms with E-state index in [1.165, 1.54) is 4.57 Å². The van der Waals surface area contributed by atoms with Crippen molar-refractivity contribution in [1.82, 2.24) is 19.8 Å². The SMILES string of the molecule is Cn1c(C(=O)NCCN2CCOCC2)cc2oc(-c3ccccc3)nc2c1=O. The van der Waals surface area contributed by atoms with Crippen molar-refractivity contribution in [3.05, 3.63) is 52.4 Å². The van der Waals surface area contributed by atoms with Gasteiger partial charge < -0.3 is 19.0 Å². The van der Waals surface area contributed by atoms with E-state index in [1.807, 2.05) is 30.3 Å². The van der Waals surface area contributed by atoms with E-state index in [9.17, 15) is 9.59 Å². The van der Waals surface area contributed by atoms with E-state index in [-0.39, 0.29) is 22.7 Å². The zero-order chi connectivity index (χ0) is 19.5. The van der Waals surface area contributed by atoms with Crippen LogP contribution in [0.2, 0.25) is 0 Å². The fraction of sp³-hybridized carbons (Fsp3) is 0.350. The molecule has 1 N–H and O–H groups in total. The van der Waals surface area contributed by atoms with Gasteiger partial charge in [-0.25, -0.2) is 4.98 Å². The molecule has 28 heavy (non-hydrogen) atoms. The molecule has 1 aliphatic heterocycles. The normalized spacial score (nSPS) is 15.0. The molecule has 1 aliphatic rings. The first kappa shape index (κ1) is 18.4. The number of pyridine rings is 1. The monoisotopic (exact) mass is 382 g/mol. The molecular formula is C20H22N4O4. The predicted octanol–water partition coefficient (Wildman–Crippen LogP) is 1.26. The lowest BCUT2D eigenvalue weighted by Gasteiger charge is -2.26. The lowest BCUT2D eigenvalue weighted by Crippen LogP contribution is -2.42. The number of rotatable bonds is 5. The summed E-state index contributed by atoms with van der Waals surface area (Å²) in [5, 5.41) is 2.87. The zero-order valence-electron chi connectivity index (χ0n) is 15.7. The Kier molecular flexibility index (Phi) is 5.23. The molecule has 1 saturated heterocycles. The predicted molar refractivity (Wildman–Crippen MR) is 104 cm³/mol. The van der Waals surface area contributed by atoms with E-state index in [4.69, 9.17) is 9.15 Å². The highest BCUT2D eigenvalue weighted by Gasteiger charge is 2.18. The van der Waals surface area contributed by atoms with Crippen LogP contribution in [0.25, 0.3) is 22.6 Å². The third-order valence-corrected chi connectivity index (χ3v) is 4.86. The Morgan fingerprint density at radius 3 is 2.71 bits per heavy atom. The van der Waals surface area contributed by atoms with Gasteiger partial charge >= 0.3 is 0 Å². The van der Waals surface area contributed by atoms with Gasteiger partial charge in [0.05, 0.1) is 13.2 Å². The molecule has 4 rings (SSSR count). The first-order chi connectivity index (χ1) is 13.6. The smallest absolute Gasteiger partial charge is 0.280 e. The van der Waals surface area contributed by atoms with Crippen LogP contribution < -0.4 is 10.9 Å². The number of oxazole rings is 1. The lowest BCUT2D eigenvalue weighted by molar-refractivity contribution is 0.0383. The van der Waals surface area contributed by atoms with Crippen LogP contribution >= 0.6 is 0 Å². The van der Waals surface area contributed by atoms with E-state index < -0.39 is 0 Å². The summed E-state index contributed by atoms with van der Waals surface area (Å²) in [5.74, 6) is 0.0463. The highest BCUT2D eigenvalue weighted by Crippen LogP contribution is 2.22. The van der Waals surface area contributed by atoms with Gasteiger partial charge in [0.25, 0.3) is 11.5 Å². The molecule has 8 nitrogen and oxygen atoms in total. The number of hydrogen-bond acceptors (Lipinski definition) is 6. The number of nitrogens with zero attached hydrogens (tertiary/aromatic N) is 3. The maximum absolute atomic E-state index is 12.7. The maximum atomic E-state index is 12.7. The highest BCUT2D eigenvalue weighted by molar-refractivity contribution is 5.95. The molecule has 0 saturated carbocycles. The minimum Gasteiger partial charge on any atom is -0.436 e. The standard InChI is InChI=1S/C20H22N4O4/c1-23-15(18(25)21-7-8-24-9-11-27-12-10-24)13-16-17(20(23)26)22-19(28-16)14-5-3-2-4-6-14/h2-6,13H,7-12H2,1H3,(H,21,25). The molecule has 3 heterocycles. The number of aromatic nitrogens is 2. The Balaban J connectivity index is 1.54. The molecular weight excluding hydrogens is 360 g/mol. The van der Waals surface area contributed by atoms with Gasteiger partial charge in [0.2, 0.25) is 5.89 Å². The van der Waals surface area contributed by atoms with E-state index in [1.54, 1.807) is 13.1 Å². The average molecular weight is 382 g/mol. The maximum Gasteiger partial charge on any atom is 0.280 e. The third kappa shape index (κ3) is 3.69. The zero-order valence-corrected chi connectivity index (χ0v) is 15.7. The molecule has 0 bridgehead atoms. The van der Waals surface area contributed by atoms with Gasteiger partial charge in [-0.1, -0.05) is 18.2 Å². The van der Waals surface area contributed by atoms with Gasteiger partial charge in [-0.2, -0.15) is 0 Å². The Hall–Kier alpha value is -2.97. The van der Waals surface area contributed by atoms with Crippen molar-refractivity contribution >= 4 is 17.0 Å². The summed E-state index contributed by atoms with van der Waals surface area (Å²) in [6, 6.07) is 10.9. The summed E-state index contributed by atoms with van der Waals surface area (Å²) in [6.07, 6.45) is 0. The fourth-order valence-electron chi connectivity index (χ4n) is 3.24. The summed E-state index contributed by atoms with van der Waals surface area (Å²) in [5.41, 5.74) is 1.18. The third-order valence-electron chi connectivity index (χ3n) is 4.86. The Bertz CT molecular complexity index is 1040. The van der Waals surface area contributed by atoms with E-state index in [2.05, 4.69) is 15.2 Å². The molecule has 1 fully saturated rings.